The van der Waals surface area contributed by atoms with Crippen LogP contribution in [0.1, 0.15) is 44.6 Å². The van der Waals surface area contributed by atoms with E-state index in [1.54, 1.807) is 12.4 Å². The number of hydrogen-bond donors (Lipinski definition) is 2. The molecule has 1 rings (SSSR count). The molecule has 1 aromatic rings. The van der Waals surface area contributed by atoms with Crippen LogP contribution in [0, 0.1) is 0 Å². The predicted molar refractivity (Wildman–Crippen MR) is 66.9 cm³/mol. The quantitative estimate of drug-likeness (QED) is 0.661. The molecule has 1 heterocycles. The number of unbranched alkanes of at least 4 members (excludes halogenated alkanes) is 4. The first-order chi connectivity index (χ1) is 7.83. The number of nitrogens with two attached hydrogens (primary N) is 1. The second-order valence-corrected chi connectivity index (χ2v) is 4.04. The number of aromatic nitrogens is 2. The van der Waals surface area contributed by atoms with Gasteiger partial charge in [0.15, 0.2) is 0 Å². The summed E-state index contributed by atoms with van der Waals surface area (Å²) in [4.78, 5) is 7.89. The number of nitrogens with zero attached hydrogens (tertiary/aromatic N) is 2. The molecule has 16 heavy (non-hydrogen) atoms. The average molecular weight is 222 g/mol. The molecule has 4 heteroatoms. The zero-order valence-electron chi connectivity index (χ0n) is 10.1. The van der Waals surface area contributed by atoms with Crippen molar-refractivity contribution in [2.75, 3.05) is 12.3 Å². The Morgan fingerprint density at radius 1 is 1.12 bits per heavy atom. The first-order valence-corrected chi connectivity index (χ1v) is 6.10. The van der Waals surface area contributed by atoms with Crippen molar-refractivity contribution in [1.29, 1.82) is 0 Å². The molecule has 3 N–H and O–H groups in total. The van der Waals surface area contributed by atoms with Gasteiger partial charge in [-0.1, -0.05) is 32.6 Å². The second kappa shape index (κ2) is 8.05. The van der Waals surface area contributed by atoms with Crippen molar-refractivity contribution in [1.82, 2.24) is 15.3 Å². The van der Waals surface area contributed by atoms with E-state index in [0.29, 0.717) is 5.95 Å². The monoisotopic (exact) mass is 222 g/mol. The van der Waals surface area contributed by atoms with Gasteiger partial charge in [-0.15, -0.1) is 0 Å². The third kappa shape index (κ3) is 5.66. The molecular weight excluding hydrogens is 200 g/mol. The van der Waals surface area contributed by atoms with Crippen LogP contribution in [-0.2, 0) is 6.54 Å². The third-order valence-electron chi connectivity index (χ3n) is 2.51. The first kappa shape index (κ1) is 12.9. The molecule has 0 saturated carbocycles. The van der Waals surface area contributed by atoms with Gasteiger partial charge >= 0.3 is 0 Å². The van der Waals surface area contributed by atoms with Gasteiger partial charge in [-0.3, -0.25) is 0 Å². The van der Waals surface area contributed by atoms with Crippen molar-refractivity contribution in [2.45, 2.75) is 45.6 Å². The summed E-state index contributed by atoms with van der Waals surface area (Å²) in [6, 6.07) is 0. The maximum atomic E-state index is 5.41. The molecule has 90 valence electrons. The Balaban J connectivity index is 2.01. The largest absolute Gasteiger partial charge is 0.368 e. The molecule has 0 fully saturated rings. The Hall–Kier alpha value is -1.16. The Kier molecular flexibility index (Phi) is 6.49. The van der Waals surface area contributed by atoms with Crippen LogP contribution < -0.4 is 11.1 Å². The van der Waals surface area contributed by atoms with E-state index in [0.717, 1.165) is 18.7 Å². The molecule has 0 unspecified atom stereocenters. The summed E-state index contributed by atoms with van der Waals surface area (Å²) >= 11 is 0. The van der Waals surface area contributed by atoms with Crippen molar-refractivity contribution in [3.8, 4) is 0 Å². The molecule has 0 saturated heterocycles. The number of nitrogen functional groups attached to an aromatic ring is 1. The number of anilines is 1. The van der Waals surface area contributed by atoms with Crippen LogP contribution >= 0.6 is 0 Å². The van der Waals surface area contributed by atoms with Gasteiger partial charge in [0.1, 0.15) is 0 Å². The highest BCUT2D eigenvalue weighted by Gasteiger charge is 1.94. The van der Waals surface area contributed by atoms with Gasteiger partial charge < -0.3 is 11.1 Å². The van der Waals surface area contributed by atoms with Gasteiger partial charge in [-0.25, -0.2) is 9.97 Å². The molecule has 0 bridgehead atoms. The van der Waals surface area contributed by atoms with E-state index in [9.17, 15) is 0 Å². The molecule has 0 radical (unpaired) electrons. The van der Waals surface area contributed by atoms with Crippen LogP contribution in [0.15, 0.2) is 12.4 Å². The van der Waals surface area contributed by atoms with Gasteiger partial charge in [0.05, 0.1) is 0 Å². The lowest BCUT2D eigenvalue weighted by Crippen LogP contribution is -2.15. The molecule has 0 aliphatic rings. The SMILES string of the molecule is CCCCCCCNCc1cnc(N)nc1. The minimum atomic E-state index is 0.336. The summed E-state index contributed by atoms with van der Waals surface area (Å²) in [5.41, 5.74) is 6.49. The lowest BCUT2D eigenvalue weighted by Gasteiger charge is -2.04. The lowest BCUT2D eigenvalue weighted by atomic mass is 10.1. The predicted octanol–water partition coefficient (Wildman–Crippen LogP) is 2.12. The van der Waals surface area contributed by atoms with Crippen molar-refractivity contribution >= 4 is 5.95 Å². The van der Waals surface area contributed by atoms with E-state index in [-0.39, 0.29) is 0 Å². The highest BCUT2D eigenvalue weighted by molar-refractivity contribution is 5.16. The fourth-order valence-corrected chi connectivity index (χ4v) is 1.54. The standard InChI is InChI=1S/C12H22N4/c1-2-3-4-5-6-7-14-8-11-9-15-12(13)16-10-11/h9-10,14H,2-8H2,1H3,(H2,13,15,16). The number of nitrogens with one attached hydrogen (secondary N) is 1. The Labute approximate surface area is 97.7 Å². The molecule has 0 spiro atoms. The Morgan fingerprint density at radius 2 is 1.81 bits per heavy atom. The lowest BCUT2D eigenvalue weighted by molar-refractivity contribution is 0.582. The molecule has 0 aliphatic carbocycles. The third-order valence-corrected chi connectivity index (χ3v) is 2.51. The zero-order valence-corrected chi connectivity index (χ0v) is 10.1. The van der Waals surface area contributed by atoms with E-state index < -0.39 is 0 Å². The fourth-order valence-electron chi connectivity index (χ4n) is 1.54. The highest BCUT2D eigenvalue weighted by atomic mass is 15.0. The van der Waals surface area contributed by atoms with E-state index in [4.69, 9.17) is 5.73 Å². The van der Waals surface area contributed by atoms with Crippen LogP contribution in [0.5, 0.6) is 0 Å². The maximum absolute atomic E-state index is 5.41. The Bertz CT molecular complexity index is 271. The summed E-state index contributed by atoms with van der Waals surface area (Å²) in [6.45, 7) is 4.13. The van der Waals surface area contributed by atoms with Gasteiger partial charge in [0.25, 0.3) is 0 Å². The molecule has 0 amide bonds. The highest BCUT2D eigenvalue weighted by Crippen LogP contribution is 2.01. The first-order valence-electron chi connectivity index (χ1n) is 6.10. The smallest absolute Gasteiger partial charge is 0.219 e. The van der Waals surface area contributed by atoms with Gasteiger partial charge in [-0.2, -0.15) is 0 Å². The van der Waals surface area contributed by atoms with Crippen LogP contribution in [-0.4, -0.2) is 16.5 Å². The summed E-state index contributed by atoms with van der Waals surface area (Å²) in [7, 11) is 0. The summed E-state index contributed by atoms with van der Waals surface area (Å²) in [5.74, 6) is 0.336. The molecular formula is C12H22N4. The van der Waals surface area contributed by atoms with Crippen molar-refractivity contribution in [3.63, 3.8) is 0 Å². The van der Waals surface area contributed by atoms with E-state index in [1.165, 1.54) is 32.1 Å². The van der Waals surface area contributed by atoms with Gasteiger partial charge in [0, 0.05) is 24.5 Å². The van der Waals surface area contributed by atoms with Crippen LogP contribution in [0.3, 0.4) is 0 Å². The Morgan fingerprint density at radius 3 is 2.50 bits per heavy atom. The molecule has 0 aromatic carbocycles. The molecule has 1 aromatic heterocycles. The van der Waals surface area contributed by atoms with Crippen molar-refractivity contribution in [2.24, 2.45) is 0 Å². The van der Waals surface area contributed by atoms with Gasteiger partial charge in [0.2, 0.25) is 5.95 Å². The molecule has 0 aliphatic heterocycles. The molecule has 4 nitrogen and oxygen atoms in total. The van der Waals surface area contributed by atoms with E-state index in [2.05, 4.69) is 22.2 Å². The number of hydrogen-bond acceptors (Lipinski definition) is 4. The maximum Gasteiger partial charge on any atom is 0.219 e. The second-order valence-electron chi connectivity index (χ2n) is 4.04. The van der Waals surface area contributed by atoms with Gasteiger partial charge in [-0.05, 0) is 13.0 Å². The van der Waals surface area contributed by atoms with E-state index >= 15 is 0 Å². The summed E-state index contributed by atoms with van der Waals surface area (Å²) in [6.07, 6.45) is 10.1. The van der Waals surface area contributed by atoms with Crippen LogP contribution in [0.25, 0.3) is 0 Å². The normalized spacial score (nSPS) is 10.6. The summed E-state index contributed by atoms with van der Waals surface area (Å²) in [5, 5.41) is 3.38. The minimum absolute atomic E-state index is 0.336. The minimum Gasteiger partial charge on any atom is -0.368 e. The average Bonchev–Trinajstić information content (AvgIpc) is 2.30. The fraction of sp³-hybridized carbons (Fsp3) is 0.667. The van der Waals surface area contributed by atoms with Crippen LogP contribution in [0.4, 0.5) is 5.95 Å². The summed E-state index contributed by atoms with van der Waals surface area (Å²) < 4.78 is 0. The van der Waals surface area contributed by atoms with Crippen molar-refractivity contribution in [3.05, 3.63) is 18.0 Å². The zero-order chi connectivity index (χ0) is 11.6. The molecule has 0 atom stereocenters. The van der Waals surface area contributed by atoms with E-state index in [1.807, 2.05) is 0 Å². The number of rotatable bonds is 8. The van der Waals surface area contributed by atoms with Crippen molar-refractivity contribution < 1.29 is 0 Å². The topological polar surface area (TPSA) is 63.8 Å². The van der Waals surface area contributed by atoms with Crippen LogP contribution in [0.2, 0.25) is 0 Å².